The lowest BCUT2D eigenvalue weighted by Crippen LogP contribution is -2.53. The highest BCUT2D eigenvalue weighted by molar-refractivity contribution is 4.89. The summed E-state index contributed by atoms with van der Waals surface area (Å²) in [5, 5.41) is 10.4. The van der Waals surface area contributed by atoms with Crippen LogP contribution in [-0.2, 0) is 0 Å². The first kappa shape index (κ1) is 16.9. The molecule has 0 saturated heterocycles. The Hall–Kier alpha value is -0.120. The zero-order chi connectivity index (χ0) is 14.4. The standard InChI is InChI=1S/C16H34N2O/c1-6-8-14-9-10-16(19)15(11-14)18(7-2)13(3)12-17(4)5/h13-16,19H,6-12H2,1-5H3. The van der Waals surface area contributed by atoms with Crippen molar-refractivity contribution in [3.63, 3.8) is 0 Å². The highest BCUT2D eigenvalue weighted by Gasteiger charge is 2.34. The summed E-state index contributed by atoms with van der Waals surface area (Å²) < 4.78 is 0. The average molecular weight is 270 g/mol. The second kappa shape index (κ2) is 8.23. The maximum Gasteiger partial charge on any atom is 0.0695 e. The number of aliphatic hydroxyl groups excluding tert-OH is 1. The van der Waals surface area contributed by atoms with Crippen LogP contribution in [-0.4, -0.2) is 60.3 Å². The van der Waals surface area contributed by atoms with Crippen molar-refractivity contribution in [2.75, 3.05) is 27.2 Å². The first-order valence-electron chi connectivity index (χ1n) is 8.08. The molecule has 0 heterocycles. The Morgan fingerprint density at radius 1 is 1.21 bits per heavy atom. The van der Waals surface area contributed by atoms with Crippen molar-refractivity contribution in [1.82, 2.24) is 9.80 Å². The molecule has 1 aliphatic carbocycles. The molecule has 0 aromatic carbocycles. The van der Waals surface area contributed by atoms with Crippen LogP contribution < -0.4 is 0 Å². The predicted octanol–water partition coefficient (Wildman–Crippen LogP) is 2.59. The van der Waals surface area contributed by atoms with Crippen molar-refractivity contribution in [3.8, 4) is 0 Å². The molecule has 0 aromatic heterocycles. The van der Waals surface area contributed by atoms with Crippen LogP contribution in [0.2, 0.25) is 0 Å². The fourth-order valence-electron chi connectivity index (χ4n) is 3.75. The van der Waals surface area contributed by atoms with Gasteiger partial charge in [0.15, 0.2) is 0 Å². The molecule has 1 aliphatic rings. The topological polar surface area (TPSA) is 26.7 Å². The van der Waals surface area contributed by atoms with E-state index in [0.29, 0.717) is 12.1 Å². The smallest absolute Gasteiger partial charge is 0.0695 e. The third-order valence-electron chi connectivity index (χ3n) is 4.57. The summed E-state index contributed by atoms with van der Waals surface area (Å²) in [7, 11) is 4.25. The fourth-order valence-corrected chi connectivity index (χ4v) is 3.75. The molecular formula is C16H34N2O. The number of likely N-dealkylation sites (N-methyl/N-ethyl adjacent to an activating group) is 2. The highest BCUT2D eigenvalue weighted by atomic mass is 16.3. The van der Waals surface area contributed by atoms with E-state index in [1.807, 2.05) is 0 Å². The van der Waals surface area contributed by atoms with Crippen LogP contribution in [0, 0.1) is 5.92 Å². The molecule has 3 heteroatoms. The van der Waals surface area contributed by atoms with Gasteiger partial charge >= 0.3 is 0 Å². The van der Waals surface area contributed by atoms with Crippen LogP contribution in [0.25, 0.3) is 0 Å². The van der Waals surface area contributed by atoms with Gasteiger partial charge in [-0.15, -0.1) is 0 Å². The zero-order valence-corrected chi connectivity index (χ0v) is 13.6. The maximum atomic E-state index is 10.4. The van der Waals surface area contributed by atoms with E-state index in [2.05, 4.69) is 44.7 Å². The molecule has 0 amide bonds. The SMILES string of the molecule is CCCC1CCC(O)C(N(CC)C(C)CN(C)C)C1. The summed E-state index contributed by atoms with van der Waals surface area (Å²) in [6, 6.07) is 0.880. The summed E-state index contributed by atoms with van der Waals surface area (Å²) in [4.78, 5) is 4.76. The van der Waals surface area contributed by atoms with Gasteiger partial charge < -0.3 is 10.0 Å². The van der Waals surface area contributed by atoms with Crippen LogP contribution in [0.1, 0.15) is 52.9 Å². The Morgan fingerprint density at radius 2 is 1.89 bits per heavy atom. The van der Waals surface area contributed by atoms with Crippen LogP contribution in [0.15, 0.2) is 0 Å². The normalized spacial score (nSPS) is 30.0. The quantitative estimate of drug-likeness (QED) is 0.770. The van der Waals surface area contributed by atoms with Gasteiger partial charge in [-0.3, -0.25) is 4.90 Å². The van der Waals surface area contributed by atoms with E-state index in [9.17, 15) is 5.11 Å². The van der Waals surface area contributed by atoms with Crippen molar-refractivity contribution in [1.29, 1.82) is 0 Å². The van der Waals surface area contributed by atoms with E-state index in [1.54, 1.807) is 0 Å². The van der Waals surface area contributed by atoms with Gasteiger partial charge in [0, 0.05) is 18.6 Å². The summed E-state index contributed by atoms with van der Waals surface area (Å²) in [6.45, 7) is 8.89. The average Bonchev–Trinajstić information content (AvgIpc) is 2.33. The second-order valence-corrected chi connectivity index (χ2v) is 6.54. The minimum atomic E-state index is -0.127. The van der Waals surface area contributed by atoms with Gasteiger partial charge in [0.1, 0.15) is 0 Å². The van der Waals surface area contributed by atoms with Gasteiger partial charge in [-0.2, -0.15) is 0 Å². The third kappa shape index (κ3) is 5.05. The molecule has 1 rings (SSSR count). The Morgan fingerprint density at radius 3 is 2.42 bits per heavy atom. The van der Waals surface area contributed by atoms with E-state index in [4.69, 9.17) is 0 Å². The number of nitrogens with zero attached hydrogens (tertiary/aromatic N) is 2. The van der Waals surface area contributed by atoms with Gasteiger partial charge in [-0.05, 0) is 52.7 Å². The molecule has 114 valence electrons. The lowest BCUT2D eigenvalue weighted by atomic mass is 9.80. The van der Waals surface area contributed by atoms with Gasteiger partial charge in [-0.25, -0.2) is 0 Å². The molecule has 1 fully saturated rings. The molecule has 3 nitrogen and oxygen atoms in total. The number of aliphatic hydroxyl groups is 1. The summed E-state index contributed by atoms with van der Waals surface area (Å²) >= 11 is 0. The van der Waals surface area contributed by atoms with Gasteiger partial charge in [0.05, 0.1) is 6.10 Å². The van der Waals surface area contributed by atoms with Gasteiger partial charge in [-0.1, -0.05) is 26.7 Å². The second-order valence-electron chi connectivity index (χ2n) is 6.54. The molecule has 0 radical (unpaired) electrons. The first-order valence-corrected chi connectivity index (χ1v) is 8.08. The lowest BCUT2D eigenvalue weighted by molar-refractivity contribution is -0.0161. The van der Waals surface area contributed by atoms with Crippen molar-refractivity contribution < 1.29 is 5.11 Å². The van der Waals surface area contributed by atoms with Crippen molar-refractivity contribution >= 4 is 0 Å². The van der Waals surface area contributed by atoms with Crippen molar-refractivity contribution in [2.45, 2.75) is 71.1 Å². The molecular weight excluding hydrogens is 236 g/mol. The van der Waals surface area contributed by atoms with Crippen molar-refractivity contribution in [3.05, 3.63) is 0 Å². The molecule has 19 heavy (non-hydrogen) atoms. The first-order chi connectivity index (χ1) is 8.99. The lowest BCUT2D eigenvalue weighted by Gasteiger charge is -2.43. The predicted molar refractivity (Wildman–Crippen MR) is 82.4 cm³/mol. The minimum absolute atomic E-state index is 0.127. The number of rotatable bonds is 7. The Balaban J connectivity index is 2.65. The Bertz CT molecular complexity index is 245. The van der Waals surface area contributed by atoms with E-state index in [-0.39, 0.29) is 6.10 Å². The molecule has 0 aliphatic heterocycles. The van der Waals surface area contributed by atoms with E-state index >= 15 is 0 Å². The number of hydrogen-bond acceptors (Lipinski definition) is 3. The van der Waals surface area contributed by atoms with Crippen LogP contribution in [0.5, 0.6) is 0 Å². The van der Waals surface area contributed by atoms with Crippen LogP contribution in [0.4, 0.5) is 0 Å². The third-order valence-corrected chi connectivity index (χ3v) is 4.57. The van der Waals surface area contributed by atoms with Crippen LogP contribution >= 0.6 is 0 Å². The van der Waals surface area contributed by atoms with Crippen LogP contribution in [0.3, 0.4) is 0 Å². The molecule has 4 unspecified atom stereocenters. The summed E-state index contributed by atoms with van der Waals surface area (Å²) in [5.41, 5.74) is 0. The molecule has 1 saturated carbocycles. The largest absolute Gasteiger partial charge is 0.391 e. The molecule has 1 N–H and O–H groups in total. The van der Waals surface area contributed by atoms with Gasteiger partial charge in [0.2, 0.25) is 0 Å². The summed E-state index contributed by atoms with van der Waals surface area (Å²) in [6.07, 6.45) is 5.85. The van der Waals surface area contributed by atoms with E-state index < -0.39 is 0 Å². The zero-order valence-electron chi connectivity index (χ0n) is 13.6. The molecule has 4 atom stereocenters. The number of hydrogen-bond donors (Lipinski definition) is 1. The van der Waals surface area contributed by atoms with Gasteiger partial charge in [0.25, 0.3) is 0 Å². The Kier molecular flexibility index (Phi) is 7.33. The minimum Gasteiger partial charge on any atom is -0.391 e. The van der Waals surface area contributed by atoms with E-state index in [0.717, 1.165) is 25.4 Å². The summed E-state index contributed by atoms with van der Waals surface area (Å²) in [5.74, 6) is 0.819. The Labute approximate surface area is 120 Å². The molecule has 0 bridgehead atoms. The highest BCUT2D eigenvalue weighted by Crippen LogP contribution is 2.31. The fraction of sp³-hybridized carbons (Fsp3) is 1.00. The maximum absolute atomic E-state index is 10.4. The monoisotopic (exact) mass is 270 g/mol. The van der Waals surface area contributed by atoms with Crippen molar-refractivity contribution in [2.24, 2.45) is 5.92 Å². The van der Waals surface area contributed by atoms with E-state index in [1.165, 1.54) is 25.7 Å². The molecule has 0 aromatic rings. The molecule has 0 spiro atoms.